The summed E-state index contributed by atoms with van der Waals surface area (Å²) in [5.41, 5.74) is 7.47. The number of pyridine rings is 1. The Morgan fingerprint density at radius 3 is 2.68 bits per heavy atom. The van der Waals surface area contributed by atoms with Gasteiger partial charge in [-0.05, 0) is 30.0 Å². The smallest absolute Gasteiger partial charge is 0.303 e. The van der Waals surface area contributed by atoms with Gasteiger partial charge >= 0.3 is 5.97 Å². The van der Waals surface area contributed by atoms with Crippen LogP contribution < -0.4 is 15.8 Å². The summed E-state index contributed by atoms with van der Waals surface area (Å²) in [4.78, 5) is 15.0. The topological polar surface area (TPSA) is 97.5 Å². The van der Waals surface area contributed by atoms with Crippen LogP contribution in [0.3, 0.4) is 0 Å². The van der Waals surface area contributed by atoms with E-state index < -0.39 is 5.97 Å². The molecule has 0 aliphatic rings. The van der Waals surface area contributed by atoms with Crippen molar-refractivity contribution in [2.24, 2.45) is 5.92 Å². The van der Waals surface area contributed by atoms with Crippen LogP contribution in [0, 0.1) is 5.92 Å². The molecule has 0 aliphatic heterocycles. The lowest BCUT2D eigenvalue weighted by atomic mass is 9.99. The number of carboxylic acids is 1. The highest BCUT2D eigenvalue weighted by Crippen LogP contribution is 2.22. The highest BCUT2D eigenvalue weighted by Gasteiger charge is 2.15. The second-order valence-electron chi connectivity index (χ2n) is 6.30. The van der Waals surface area contributed by atoms with E-state index in [-0.39, 0.29) is 12.5 Å². The molecule has 2 aromatic rings. The number of hydrogen-bond acceptors (Lipinski definition) is 5. The number of benzene rings is 1. The lowest BCUT2D eigenvalue weighted by Crippen LogP contribution is -2.34. The average Bonchev–Trinajstić information content (AvgIpc) is 2.57. The predicted octanol–water partition coefficient (Wildman–Crippen LogP) is 3.44. The number of carboxylic acid groups (broad SMARTS) is 1. The summed E-state index contributed by atoms with van der Waals surface area (Å²) in [6.45, 7) is 4.67. The maximum absolute atomic E-state index is 10.8. The Hall–Kier alpha value is -2.60. The van der Waals surface area contributed by atoms with Gasteiger partial charge in [-0.1, -0.05) is 32.0 Å². The van der Waals surface area contributed by atoms with Gasteiger partial charge in [0.25, 0.3) is 0 Å². The number of para-hydroxylation sites is 1. The summed E-state index contributed by atoms with van der Waals surface area (Å²) >= 11 is 0. The quantitative estimate of drug-likeness (QED) is 0.645. The number of aliphatic carboxylic acids is 1. The number of ether oxygens (including phenoxy) is 1. The molecule has 25 heavy (non-hydrogen) atoms. The average molecular weight is 343 g/mol. The number of nitrogens with one attached hydrogen (secondary N) is 1. The minimum absolute atomic E-state index is 0.0992. The molecular weight excluding hydrogens is 318 g/mol. The second kappa shape index (κ2) is 9.03. The SMILES string of the molecule is CC(C)C(CCC(=O)O)NCc1cc(Oc2ccccc2)ncc1N. The van der Waals surface area contributed by atoms with Crippen LogP contribution in [0.15, 0.2) is 42.6 Å². The summed E-state index contributed by atoms with van der Waals surface area (Å²) in [5, 5.41) is 12.3. The Bertz CT molecular complexity index is 690. The fraction of sp³-hybridized carbons (Fsp3) is 0.368. The molecule has 0 amide bonds. The summed E-state index contributed by atoms with van der Waals surface area (Å²) in [6.07, 6.45) is 2.30. The number of aromatic nitrogens is 1. The maximum atomic E-state index is 10.8. The molecule has 0 aliphatic carbocycles. The molecule has 6 heteroatoms. The first-order valence-corrected chi connectivity index (χ1v) is 8.38. The molecule has 0 saturated carbocycles. The fourth-order valence-electron chi connectivity index (χ4n) is 2.50. The number of hydrogen-bond donors (Lipinski definition) is 3. The van der Waals surface area contributed by atoms with E-state index in [0.29, 0.717) is 36.2 Å². The molecule has 1 aromatic heterocycles. The van der Waals surface area contributed by atoms with Crippen molar-refractivity contribution in [3.63, 3.8) is 0 Å². The molecule has 0 bridgehead atoms. The van der Waals surface area contributed by atoms with Crippen LogP contribution in [0.4, 0.5) is 5.69 Å². The van der Waals surface area contributed by atoms with Crippen molar-refractivity contribution in [1.82, 2.24) is 10.3 Å². The van der Waals surface area contributed by atoms with E-state index in [4.69, 9.17) is 15.6 Å². The van der Waals surface area contributed by atoms with Crippen molar-refractivity contribution >= 4 is 11.7 Å². The summed E-state index contributed by atoms with van der Waals surface area (Å²) in [7, 11) is 0. The van der Waals surface area contributed by atoms with E-state index >= 15 is 0 Å². The van der Waals surface area contributed by atoms with E-state index in [0.717, 1.165) is 5.56 Å². The van der Waals surface area contributed by atoms with E-state index in [1.165, 1.54) is 0 Å². The normalized spacial score (nSPS) is 12.1. The van der Waals surface area contributed by atoms with Crippen molar-refractivity contribution in [3.05, 3.63) is 48.2 Å². The zero-order valence-corrected chi connectivity index (χ0v) is 14.6. The van der Waals surface area contributed by atoms with Crippen molar-refractivity contribution in [2.45, 2.75) is 39.3 Å². The Morgan fingerprint density at radius 2 is 2.04 bits per heavy atom. The van der Waals surface area contributed by atoms with Crippen LogP contribution >= 0.6 is 0 Å². The van der Waals surface area contributed by atoms with Crippen LogP contribution in [0.5, 0.6) is 11.6 Å². The van der Waals surface area contributed by atoms with Gasteiger partial charge in [0.1, 0.15) is 5.75 Å². The van der Waals surface area contributed by atoms with Crippen molar-refractivity contribution in [3.8, 4) is 11.6 Å². The standard InChI is InChI=1S/C19H25N3O3/c1-13(2)17(8-9-19(23)24)21-11-14-10-18(22-12-16(14)20)25-15-6-4-3-5-7-15/h3-7,10,12-13,17,21H,8-9,11,20H2,1-2H3,(H,23,24). The molecule has 0 fully saturated rings. The molecular formula is C19H25N3O3. The van der Waals surface area contributed by atoms with Gasteiger partial charge in [-0.2, -0.15) is 0 Å². The van der Waals surface area contributed by atoms with Crippen molar-refractivity contribution in [1.29, 1.82) is 0 Å². The largest absolute Gasteiger partial charge is 0.481 e. The number of rotatable bonds is 9. The molecule has 0 radical (unpaired) electrons. The number of nitrogens with two attached hydrogens (primary N) is 1. The van der Waals surface area contributed by atoms with Crippen molar-refractivity contribution < 1.29 is 14.6 Å². The van der Waals surface area contributed by atoms with Crippen LogP contribution in [-0.4, -0.2) is 22.1 Å². The second-order valence-corrected chi connectivity index (χ2v) is 6.30. The van der Waals surface area contributed by atoms with Crippen LogP contribution in [0.25, 0.3) is 0 Å². The zero-order valence-electron chi connectivity index (χ0n) is 14.6. The van der Waals surface area contributed by atoms with Gasteiger partial charge in [-0.15, -0.1) is 0 Å². The third-order valence-electron chi connectivity index (χ3n) is 3.99. The first-order chi connectivity index (χ1) is 12.0. The van der Waals surface area contributed by atoms with Gasteiger partial charge in [0.2, 0.25) is 5.88 Å². The van der Waals surface area contributed by atoms with E-state index in [2.05, 4.69) is 24.1 Å². The molecule has 0 spiro atoms. The van der Waals surface area contributed by atoms with Gasteiger partial charge in [0.05, 0.1) is 11.9 Å². The molecule has 6 nitrogen and oxygen atoms in total. The van der Waals surface area contributed by atoms with Crippen LogP contribution in [-0.2, 0) is 11.3 Å². The van der Waals surface area contributed by atoms with Gasteiger partial charge in [-0.25, -0.2) is 4.98 Å². The summed E-state index contributed by atoms with van der Waals surface area (Å²) in [6, 6.07) is 11.3. The van der Waals surface area contributed by atoms with Gasteiger partial charge in [0.15, 0.2) is 0 Å². The number of nitrogen functional groups attached to an aromatic ring is 1. The third kappa shape index (κ3) is 6.08. The fourth-order valence-corrected chi connectivity index (χ4v) is 2.50. The van der Waals surface area contributed by atoms with Crippen LogP contribution in [0.2, 0.25) is 0 Å². The Labute approximate surface area is 148 Å². The Balaban J connectivity index is 2.02. The number of nitrogens with zero attached hydrogens (tertiary/aromatic N) is 1. The summed E-state index contributed by atoms with van der Waals surface area (Å²) < 4.78 is 5.74. The van der Waals surface area contributed by atoms with Gasteiger partial charge in [-0.3, -0.25) is 4.79 Å². The highest BCUT2D eigenvalue weighted by molar-refractivity contribution is 5.66. The minimum Gasteiger partial charge on any atom is -0.481 e. The molecule has 1 atom stereocenters. The predicted molar refractivity (Wildman–Crippen MR) is 97.5 cm³/mol. The third-order valence-corrected chi connectivity index (χ3v) is 3.99. The highest BCUT2D eigenvalue weighted by atomic mass is 16.5. The molecule has 1 heterocycles. The lowest BCUT2D eigenvalue weighted by molar-refractivity contribution is -0.137. The first-order valence-electron chi connectivity index (χ1n) is 8.38. The van der Waals surface area contributed by atoms with Crippen molar-refractivity contribution in [2.75, 3.05) is 5.73 Å². The number of anilines is 1. The molecule has 1 aromatic carbocycles. The zero-order chi connectivity index (χ0) is 18.2. The molecule has 4 N–H and O–H groups in total. The Kier molecular flexibility index (Phi) is 6.77. The van der Waals surface area contributed by atoms with Crippen LogP contribution in [0.1, 0.15) is 32.3 Å². The minimum atomic E-state index is -0.783. The molecule has 0 saturated heterocycles. The van der Waals surface area contributed by atoms with Gasteiger partial charge in [0, 0.05) is 25.1 Å². The first kappa shape index (κ1) is 18.7. The van der Waals surface area contributed by atoms with E-state index in [1.807, 2.05) is 36.4 Å². The number of carbonyl (C=O) groups is 1. The lowest BCUT2D eigenvalue weighted by Gasteiger charge is -2.22. The molecule has 134 valence electrons. The van der Waals surface area contributed by atoms with Gasteiger partial charge < -0.3 is 20.9 Å². The Morgan fingerprint density at radius 1 is 1.32 bits per heavy atom. The molecule has 1 unspecified atom stereocenters. The maximum Gasteiger partial charge on any atom is 0.303 e. The van der Waals surface area contributed by atoms with E-state index in [9.17, 15) is 4.79 Å². The van der Waals surface area contributed by atoms with E-state index in [1.54, 1.807) is 6.20 Å². The molecule has 2 rings (SSSR count). The summed E-state index contributed by atoms with van der Waals surface area (Å²) in [5.74, 6) is 0.723. The monoisotopic (exact) mass is 343 g/mol.